The predicted molar refractivity (Wildman–Crippen MR) is 97.3 cm³/mol. The molecule has 1 heterocycles. The second-order valence-electron chi connectivity index (χ2n) is 5.60. The number of benzene rings is 2. The fourth-order valence-electron chi connectivity index (χ4n) is 2.33. The Hall–Kier alpha value is -2.25. The van der Waals surface area contributed by atoms with Gasteiger partial charge in [-0.3, -0.25) is 9.69 Å². The number of carbonyl (C=O) groups is 1. The standard InChI is InChI=1S/C17H16N2O3S2/c1-19(17-18-14-5-3-4-6-15(14)23-17)16(20)13-9-7-12(8-10-13)11-24(2,21)22/h3-10H,11H2,1-2H3. The highest BCUT2D eigenvalue weighted by Crippen LogP contribution is 2.28. The van der Waals surface area contributed by atoms with E-state index < -0.39 is 9.84 Å². The van der Waals surface area contributed by atoms with E-state index in [9.17, 15) is 13.2 Å². The van der Waals surface area contributed by atoms with Crippen LogP contribution >= 0.6 is 11.3 Å². The summed E-state index contributed by atoms with van der Waals surface area (Å²) in [6.45, 7) is 0. The summed E-state index contributed by atoms with van der Waals surface area (Å²) in [4.78, 5) is 18.6. The Balaban J connectivity index is 1.82. The van der Waals surface area contributed by atoms with Crippen LogP contribution in [0.5, 0.6) is 0 Å². The third-order valence-electron chi connectivity index (χ3n) is 3.50. The van der Waals surface area contributed by atoms with Gasteiger partial charge in [-0.15, -0.1) is 0 Å². The number of nitrogens with zero attached hydrogens (tertiary/aromatic N) is 2. The first kappa shape index (κ1) is 16.6. The average molecular weight is 360 g/mol. The maximum atomic E-state index is 12.6. The zero-order chi connectivity index (χ0) is 17.3. The first-order valence-electron chi connectivity index (χ1n) is 7.24. The summed E-state index contributed by atoms with van der Waals surface area (Å²) in [6.07, 6.45) is 1.19. The van der Waals surface area contributed by atoms with Gasteiger partial charge in [0.25, 0.3) is 5.91 Å². The highest BCUT2D eigenvalue weighted by Gasteiger charge is 2.17. The fraction of sp³-hybridized carbons (Fsp3) is 0.176. The lowest BCUT2D eigenvalue weighted by atomic mass is 10.1. The Morgan fingerprint density at radius 2 is 1.79 bits per heavy atom. The topological polar surface area (TPSA) is 67.3 Å². The summed E-state index contributed by atoms with van der Waals surface area (Å²) in [7, 11) is -1.40. The van der Waals surface area contributed by atoms with Crippen molar-refractivity contribution in [3.63, 3.8) is 0 Å². The van der Waals surface area contributed by atoms with E-state index in [-0.39, 0.29) is 11.7 Å². The Labute approximate surface area is 144 Å². The summed E-state index contributed by atoms with van der Waals surface area (Å²) < 4.78 is 23.7. The Morgan fingerprint density at radius 3 is 2.42 bits per heavy atom. The maximum absolute atomic E-state index is 12.6. The van der Waals surface area contributed by atoms with Crippen LogP contribution in [-0.2, 0) is 15.6 Å². The van der Waals surface area contributed by atoms with Crippen molar-refractivity contribution in [2.45, 2.75) is 5.75 Å². The Bertz CT molecular complexity index is 959. The molecule has 0 radical (unpaired) electrons. The maximum Gasteiger partial charge on any atom is 0.259 e. The number of sulfone groups is 1. The third kappa shape index (κ3) is 3.63. The van der Waals surface area contributed by atoms with E-state index in [4.69, 9.17) is 0 Å². The molecule has 1 amide bonds. The Kier molecular flexibility index (Phi) is 4.38. The minimum atomic E-state index is -3.09. The van der Waals surface area contributed by atoms with Crippen LogP contribution in [0.3, 0.4) is 0 Å². The van der Waals surface area contributed by atoms with Crippen LogP contribution in [0.15, 0.2) is 48.5 Å². The van der Waals surface area contributed by atoms with E-state index >= 15 is 0 Å². The zero-order valence-corrected chi connectivity index (χ0v) is 14.9. The summed E-state index contributed by atoms with van der Waals surface area (Å²) in [5.74, 6) is -0.213. The molecule has 124 valence electrons. The second-order valence-corrected chi connectivity index (χ2v) is 8.74. The van der Waals surface area contributed by atoms with Crippen LogP contribution in [0, 0.1) is 0 Å². The average Bonchev–Trinajstić information content (AvgIpc) is 2.96. The van der Waals surface area contributed by atoms with E-state index in [0.29, 0.717) is 16.3 Å². The van der Waals surface area contributed by atoms with Crippen molar-refractivity contribution in [3.05, 3.63) is 59.7 Å². The lowest BCUT2D eigenvalue weighted by Gasteiger charge is -2.13. The number of hydrogen-bond donors (Lipinski definition) is 0. The van der Waals surface area contributed by atoms with Gasteiger partial charge in [0.1, 0.15) is 0 Å². The first-order chi connectivity index (χ1) is 11.3. The number of aromatic nitrogens is 1. The first-order valence-corrected chi connectivity index (χ1v) is 10.1. The molecule has 0 saturated carbocycles. The van der Waals surface area contributed by atoms with Crippen molar-refractivity contribution in [3.8, 4) is 0 Å². The van der Waals surface area contributed by atoms with E-state index in [0.717, 1.165) is 10.2 Å². The van der Waals surface area contributed by atoms with Crippen molar-refractivity contribution in [2.75, 3.05) is 18.2 Å². The van der Waals surface area contributed by atoms with Crippen molar-refractivity contribution in [1.82, 2.24) is 4.98 Å². The molecule has 0 spiro atoms. The summed E-state index contributed by atoms with van der Waals surface area (Å²) in [5.41, 5.74) is 2.02. The molecular formula is C17H16N2O3S2. The van der Waals surface area contributed by atoms with E-state index in [1.165, 1.54) is 22.5 Å². The van der Waals surface area contributed by atoms with Crippen LogP contribution in [0.4, 0.5) is 5.13 Å². The molecule has 2 aromatic carbocycles. The molecule has 3 rings (SSSR count). The third-order valence-corrected chi connectivity index (χ3v) is 5.47. The molecule has 0 atom stereocenters. The number of hydrogen-bond acceptors (Lipinski definition) is 5. The van der Waals surface area contributed by atoms with Gasteiger partial charge in [0.2, 0.25) is 0 Å². The number of para-hydroxylation sites is 1. The molecule has 7 heteroatoms. The molecule has 0 fully saturated rings. The lowest BCUT2D eigenvalue weighted by Crippen LogP contribution is -2.26. The van der Waals surface area contributed by atoms with Gasteiger partial charge in [0.05, 0.1) is 16.0 Å². The number of thiazole rings is 1. The van der Waals surface area contributed by atoms with E-state index in [1.54, 1.807) is 31.3 Å². The summed E-state index contributed by atoms with van der Waals surface area (Å²) in [6, 6.07) is 14.4. The quantitative estimate of drug-likeness (QED) is 0.717. The molecule has 0 unspecified atom stereocenters. The minimum absolute atomic E-state index is 0.0326. The van der Waals surface area contributed by atoms with Crippen molar-refractivity contribution in [1.29, 1.82) is 0 Å². The molecule has 1 aromatic heterocycles. The van der Waals surface area contributed by atoms with Gasteiger partial charge in [-0.25, -0.2) is 13.4 Å². The molecule has 3 aromatic rings. The molecule has 0 aliphatic carbocycles. The summed E-state index contributed by atoms with van der Waals surface area (Å²) >= 11 is 1.45. The van der Waals surface area contributed by atoms with Crippen LogP contribution in [0.2, 0.25) is 0 Å². The molecule has 0 N–H and O–H groups in total. The van der Waals surface area contributed by atoms with Crippen molar-refractivity contribution < 1.29 is 13.2 Å². The summed E-state index contributed by atoms with van der Waals surface area (Å²) in [5, 5.41) is 0.626. The van der Waals surface area contributed by atoms with E-state index in [2.05, 4.69) is 4.98 Å². The van der Waals surface area contributed by atoms with Crippen molar-refractivity contribution in [2.24, 2.45) is 0 Å². The smallest absolute Gasteiger partial charge is 0.259 e. The molecule has 0 bridgehead atoms. The van der Waals surface area contributed by atoms with Gasteiger partial charge in [-0.1, -0.05) is 35.6 Å². The molecular weight excluding hydrogens is 344 g/mol. The van der Waals surface area contributed by atoms with Gasteiger partial charge >= 0.3 is 0 Å². The molecule has 24 heavy (non-hydrogen) atoms. The van der Waals surface area contributed by atoms with Gasteiger partial charge in [-0.2, -0.15) is 0 Å². The van der Waals surface area contributed by atoms with Crippen LogP contribution in [-0.4, -0.2) is 32.6 Å². The number of fused-ring (bicyclic) bond motifs is 1. The van der Waals surface area contributed by atoms with Gasteiger partial charge in [-0.05, 0) is 29.8 Å². The fourth-order valence-corrected chi connectivity index (χ4v) is 4.05. The lowest BCUT2D eigenvalue weighted by molar-refractivity contribution is 0.0993. The van der Waals surface area contributed by atoms with Gasteiger partial charge in [0, 0.05) is 18.9 Å². The second kappa shape index (κ2) is 6.33. The van der Waals surface area contributed by atoms with Crippen LogP contribution < -0.4 is 4.90 Å². The van der Waals surface area contributed by atoms with Crippen molar-refractivity contribution >= 4 is 42.4 Å². The SMILES string of the molecule is CN(C(=O)c1ccc(CS(C)(=O)=O)cc1)c1nc2ccccc2s1. The minimum Gasteiger partial charge on any atom is -0.287 e. The molecule has 0 aliphatic rings. The van der Waals surface area contributed by atoms with Gasteiger partial charge in [0.15, 0.2) is 15.0 Å². The van der Waals surface area contributed by atoms with Crippen LogP contribution in [0.1, 0.15) is 15.9 Å². The normalized spacial score (nSPS) is 11.6. The predicted octanol–water partition coefficient (Wildman–Crippen LogP) is 3.12. The van der Waals surface area contributed by atoms with E-state index in [1.807, 2.05) is 24.3 Å². The largest absolute Gasteiger partial charge is 0.287 e. The number of rotatable bonds is 4. The monoisotopic (exact) mass is 360 g/mol. The number of amides is 1. The number of anilines is 1. The Morgan fingerprint density at radius 1 is 1.12 bits per heavy atom. The highest BCUT2D eigenvalue weighted by atomic mass is 32.2. The molecule has 0 aliphatic heterocycles. The highest BCUT2D eigenvalue weighted by molar-refractivity contribution is 7.89. The van der Waals surface area contributed by atoms with Gasteiger partial charge < -0.3 is 0 Å². The molecule has 5 nitrogen and oxygen atoms in total. The van der Waals surface area contributed by atoms with Crippen LogP contribution in [0.25, 0.3) is 10.2 Å². The zero-order valence-electron chi connectivity index (χ0n) is 13.3. The molecule has 0 saturated heterocycles. The number of carbonyl (C=O) groups excluding carboxylic acids is 1.